The number of fused-ring (bicyclic) bond motifs is 1. The Morgan fingerprint density at radius 1 is 1.38 bits per heavy atom. The molecule has 1 aromatic rings. The van der Waals surface area contributed by atoms with Crippen LogP contribution in [0.1, 0.15) is 24.1 Å². The Kier molecular flexibility index (Phi) is 3.73. The average molecular weight is 306 g/mol. The molecule has 5 heteroatoms. The molecule has 1 amide bonds. The first-order valence-corrected chi connectivity index (χ1v) is 8.84. The summed E-state index contributed by atoms with van der Waals surface area (Å²) >= 11 is 1.79. The molecule has 114 valence electrons. The van der Waals surface area contributed by atoms with Gasteiger partial charge in [0.2, 0.25) is 5.91 Å². The second-order valence-electron chi connectivity index (χ2n) is 6.52. The third kappa shape index (κ3) is 3.00. The predicted octanol–water partition coefficient (Wildman–Crippen LogP) is 1.86. The second-order valence-corrected chi connectivity index (χ2v) is 7.56. The van der Waals surface area contributed by atoms with Crippen LogP contribution in [0.4, 0.5) is 0 Å². The summed E-state index contributed by atoms with van der Waals surface area (Å²) in [6.45, 7) is 3.60. The fourth-order valence-electron chi connectivity index (χ4n) is 3.62. The third-order valence-corrected chi connectivity index (χ3v) is 5.75. The highest BCUT2D eigenvalue weighted by molar-refractivity contribution is 7.09. The number of carbonyl (C=O) groups is 1. The van der Waals surface area contributed by atoms with Crippen LogP contribution in [0.2, 0.25) is 0 Å². The zero-order chi connectivity index (χ0) is 14.2. The van der Waals surface area contributed by atoms with Gasteiger partial charge >= 0.3 is 0 Å². The van der Waals surface area contributed by atoms with Gasteiger partial charge in [-0.25, -0.2) is 0 Å². The molecule has 4 rings (SSSR count). The van der Waals surface area contributed by atoms with Gasteiger partial charge in [-0.1, -0.05) is 6.07 Å². The zero-order valence-electron chi connectivity index (χ0n) is 12.2. The lowest BCUT2D eigenvalue weighted by Gasteiger charge is -2.39. The molecule has 3 fully saturated rings. The first-order valence-electron chi connectivity index (χ1n) is 7.96. The molecular formula is C16H22N2O2S. The Morgan fingerprint density at radius 2 is 2.29 bits per heavy atom. The summed E-state index contributed by atoms with van der Waals surface area (Å²) in [5, 5.41) is 5.31. The van der Waals surface area contributed by atoms with Crippen LogP contribution in [-0.4, -0.2) is 42.6 Å². The minimum atomic E-state index is 0.104. The van der Waals surface area contributed by atoms with Gasteiger partial charge in [0.25, 0.3) is 0 Å². The molecule has 1 aromatic heterocycles. The number of amides is 1. The van der Waals surface area contributed by atoms with Crippen LogP contribution in [0, 0.1) is 11.8 Å². The van der Waals surface area contributed by atoms with E-state index in [1.807, 2.05) is 0 Å². The van der Waals surface area contributed by atoms with E-state index in [-0.39, 0.29) is 17.9 Å². The Balaban J connectivity index is 1.46. The number of nitrogens with zero attached hydrogens (tertiary/aromatic N) is 1. The number of nitrogens with one attached hydrogen (secondary N) is 1. The zero-order valence-corrected chi connectivity index (χ0v) is 13.0. The summed E-state index contributed by atoms with van der Waals surface area (Å²) in [4.78, 5) is 16.3. The normalized spacial score (nSPS) is 32.9. The van der Waals surface area contributed by atoms with Crippen molar-refractivity contribution in [3.8, 4) is 0 Å². The molecule has 0 aromatic carbocycles. The summed E-state index contributed by atoms with van der Waals surface area (Å²) in [5.74, 6) is 0.782. The quantitative estimate of drug-likeness (QED) is 0.923. The van der Waals surface area contributed by atoms with Gasteiger partial charge in [-0.2, -0.15) is 0 Å². The van der Waals surface area contributed by atoms with Crippen molar-refractivity contribution in [2.24, 2.45) is 11.8 Å². The molecule has 21 heavy (non-hydrogen) atoms. The van der Waals surface area contributed by atoms with Gasteiger partial charge in [0.05, 0.1) is 12.0 Å². The summed E-state index contributed by atoms with van der Waals surface area (Å²) in [7, 11) is 0. The number of ether oxygens (including phenoxy) is 1. The molecule has 3 atom stereocenters. The molecule has 4 nitrogen and oxygen atoms in total. The van der Waals surface area contributed by atoms with Crippen molar-refractivity contribution < 1.29 is 9.53 Å². The van der Waals surface area contributed by atoms with Crippen molar-refractivity contribution >= 4 is 17.2 Å². The minimum absolute atomic E-state index is 0.104. The molecule has 0 bridgehead atoms. The average Bonchev–Trinajstić information content (AvgIpc) is 2.96. The fourth-order valence-corrected chi connectivity index (χ4v) is 4.37. The van der Waals surface area contributed by atoms with E-state index >= 15 is 0 Å². The van der Waals surface area contributed by atoms with Crippen LogP contribution in [0.5, 0.6) is 0 Å². The molecule has 0 spiro atoms. The van der Waals surface area contributed by atoms with Gasteiger partial charge < -0.3 is 10.1 Å². The highest BCUT2D eigenvalue weighted by Gasteiger charge is 2.44. The lowest BCUT2D eigenvalue weighted by molar-refractivity contribution is -0.131. The lowest BCUT2D eigenvalue weighted by atomic mass is 9.82. The molecule has 0 unspecified atom stereocenters. The van der Waals surface area contributed by atoms with Gasteiger partial charge in [0.15, 0.2) is 0 Å². The van der Waals surface area contributed by atoms with E-state index in [9.17, 15) is 4.79 Å². The van der Waals surface area contributed by atoms with Crippen LogP contribution in [0.25, 0.3) is 0 Å². The van der Waals surface area contributed by atoms with Crippen molar-refractivity contribution in [3.05, 3.63) is 22.4 Å². The summed E-state index contributed by atoms with van der Waals surface area (Å²) in [6.07, 6.45) is 3.60. The van der Waals surface area contributed by atoms with E-state index in [0.29, 0.717) is 12.0 Å². The lowest BCUT2D eigenvalue weighted by Crippen LogP contribution is -2.52. The maximum atomic E-state index is 12.5. The molecular weight excluding hydrogens is 284 g/mol. The van der Waals surface area contributed by atoms with E-state index in [2.05, 4.69) is 27.7 Å². The smallest absolute Gasteiger partial charge is 0.225 e. The number of hydrogen-bond acceptors (Lipinski definition) is 4. The van der Waals surface area contributed by atoms with Crippen LogP contribution in [-0.2, 0) is 16.1 Å². The number of piperidine rings is 1. The van der Waals surface area contributed by atoms with Crippen molar-refractivity contribution in [1.29, 1.82) is 0 Å². The molecule has 2 aliphatic heterocycles. The van der Waals surface area contributed by atoms with Gasteiger partial charge in [-0.15, -0.1) is 11.3 Å². The number of rotatable bonds is 4. The monoisotopic (exact) mass is 306 g/mol. The molecule has 2 saturated heterocycles. The van der Waals surface area contributed by atoms with E-state index in [4.69, 9.17) is 4.74 Å². The number of thiophene rings is 1. The molecule has 0 radical (unpaired) electrons. The van der Waals surface area contributed by atoms with Crippen LogP contribution in [0.3, 0.4) is 0 Å². The Hall–Kier alpha value is -0.910. The summed E-state index contributed by atoms with van der Waals surface area (Å²) in [5.41, 5.74) is 0. The van der Waals surface area contributed by atoms with Gasteiger partial charge in [-0.3, -0.25) is 9.69 Å². The van der Waals surface area contributed by atoms with E-state index in [1.165, 1.54) is 4.88 Å². The molecule has 3 aliphatic rings. The SMILES string of the molecule is O=C(NC1CC1)[C@@H]1CN(Cc2cccs2)C[C@@H]2OCC[C@@H]21. The maximum Gasteiger partial charge on any atom is 0.225 e. The number of likely N-dealkylation sites (tertiary alicyclic amines) is 1. The second kappa shape index (κ2) is 5.71. The number of carbonyl (C=O) groups excluding carboxylic acids is 1. The minimum Gasteiger partial charge on any atom is -0.377 e. The van der Waals surface area contributed by atoms with Crippen LogP contribution < -0.4 is 5.32 Å². The van der Waals surface area contributed by atoms with Crippen molar-refractivity contribution in [2.45, 2.75) is 38.0 Å². The molecule has 1 N–H and O–H groups in total. The Bertz CT molecular complexity index is 500. The highest BCUT2D eigenvalue weighted by atomic mass is 32.1. The Labute approximate surface area is 129 Å². The summed E-state index contributed by atoms with van der Waals surface area (Å²) < 4.78 is 5.89. The third-order valence-electron chi connectivity index (χ3n) is 4.89. The molecule has 1 saturated carbocycles. The molecule has 1 aliphatic carbocycles. The van der Waals surface area contributed by atoms with Crippen LogP contribution >= 0.6 is 11.3 Å². The highest BCUT2D eigenvalue weighted by Crippen LogP contribution is 2.35. The van der Waals surface area contributed by atoms with Crippen molar-refractivity contribution in [3.63, 3.8) is 0 Å². The fraction of sp³-hybridized carbons (Fsp3) is 0.688. The van der Waals surface area contributed by atoms with Crippen LogP contribution in [0.15, 0.2) is 17.5 Å². The number of hydrogen-bond donors (Lipinski definition) is 1. The van der Waals surface area contributed by atoms with Gasteiger partial charge in [0, 0.05) is 43.1 Å². The topological polar surface area (TPSA) is 41.6 Å². The largest absolute Gasteiger partial charge is 0.377 e. The van der Waals surface area contributed by atoms with Gasteiger partial charge in [0.1, 0.15) is 0 Å². The standard InChI is InChI=1S/C16H22N2O2S/c19-16(17-11-3-4-11)14-9-18(8-12-2-1-7-21-12)10-15-13(14)5-6-20-15/h1-2,7,11,13-15H,3-6,8-10H2,(H,17,19)/t13-,14-,15+/m1/s1. The Morgan fingerprint density at radius 3 is 3.05 bits per heavy atom. The first-order chi connectivity index (χ1) is 10.3. The van der Waals surface area contributed by atoms with E-state index in [1.54, 1.807) is 11.3 Å². The molecule has 3 heterocycles. The van der Waals surface area contributed by atoms with Crippen molar-refractivity contribution in [1.82, 2.24) is 10.2 Å². The predicted molar refractivity (Wildman–Crippen MR) is 82.1 cm³/mol. The summed E-state index contributed by atoms with van der Waals surface area (Å²) in [6, 6.07) is 4.72. The van der Waals surface area contributed by atoms with E-state index in [0.717, 1.165) is 45.5 Å². The maximum absolute atomic E-state index is 12.5. The van der Waals surface area contributed by atoms with Crippen molar-refractivity contribution in [2.75, 3.05) is 19.7 Å². The van der Waals surface area contributed by atoms with Gasteiger partial charge in [-0.05, 0) is 30.7 Å². The van der Waals surface area contributed by atoms with E-state index < -0.39 is 0 Å². The first kappa shape index (κ1) is 13.7.